The molecule has 2 unspecified atom stereocenters. The number of rotatable bonds is 7. The molecule has 0 fully saturated rings. The van der Waals surface area contributed by atoms with Crippen molar-refractivity contribution >= 4 is 17.1 Å². The van der Waals surface area contributed by atoms with Gasteiger partial charge in [-0.3, -0.25) is 9.78 Å². The molecule has 2 heterocycles. The van der Waals surface area contributed by atoms with Crippen molar-refractivity contribution in [3.8, 4) is 0 Å². The van der Waals surface area contributed by atoms with Crippen molar-refractivity contribution in [1.29, 1.82) is 0 Å². The highest BCUT2D eigenvalue weighted by Crippen LogP contribution is 2.22. The van der Waals surface area contributed by atoms with Crippen molar-refractivity contribution in [2.24, 2.45) is 5.92 Å². The van der Waals surface area contributed by atoms with Crippen LogP contribution < -0.4 is 10.6 Å². The Balaban J connectivity index is 1.65. The molecule has 1 aromatic heterocycles. The molecule has 1 aliphatic rings. The van der Waals surface area contributed by atoms with Gasteiger partial charge in [-0.2, -0.15) is 0 Å². The van der Waals surface area contributed by atoms with Gasteiger partial charge in [0, 0.05) is 18.8 Å². The second-order valence-electron chi connectivity index (χ2n) is 7.87. The van der Waals surface area contributed by atoms with E-state index in [1.807, 2.05) is 43.6 Å². The zero-order chi connectivity index (χ0) is 21.5. The van der Waals surface area contributed by atoms with Crippen LogP contribution in [0.1, 0.15) is 49.6 Å². The normalized spacial score (nSPS) is 17.1. The van der Waals surface area contributed by atoms with E-state index in [0.717, 1.165) is 40.0 Å². The van der Waals surface area contributed by atoms with Gasteiger partial charge in [0.2, 0.25) is 5.91 Å². The molecule has 156 valence electrons. The lowest BCUT2D eigenvalue weighted by Crippen LogP contribution is -2.29. The lowest BCUT2D eigenvalue weighted by Gasteiger charge is -2.17. The van der Waals surface area contributed by atoms with Gasteiger partial charge in [-0.05, 0) is 67.3 Å². The van der Waals surface area contributed by atoms with Crippen LogP contribution in [0.2, 0.25) is 0 Å². The Kier molecular flexibility index (Phi) is 7.23. The maximum atomic E-state index is 12.7. The van der Waals surface area contributed by atoms with Crippen molar-refractivity contribution in [3.63, 3.8) is 0 Å². The van der Waals surface area contributed by atoms with E-state index in [0.29, 0.717) is 12.6 Å². The monoisotopic (exact) mass is 401 g/mol. The maximum absolute atomic E-state index is 12.7. The fourth-order valence-corrected chi connectivity index (χ4v) is 3.65. The summed E-state index contributed by atoms with van der Waals surface area (Å²) < 4.78 is 0. The molecule has 4 heteroatoms. The van der Waals surface area contributed by atoms with Crippen LogP contribution in [0.4, 0.5) is 0 Å². The number of amides is 1. The number of aryl methyl sites for hydroxylation is 1. The molecule has 0 spiro atoms. The van der Waals surface area contributed by atoms with Gasteiger partial charge < -0.3 is 10.6 Å². The van der Waals surface area contributed by atoms with Gasteiger partial charge >= 0.3 is 0 Å². The van der Waals surface area contributed by atoms with E-state index in [9.17, 15) is 4.79 Å². The first-order valence-corrected chi connectivity index (χ1v) is 10.6. The number of hydrogen-bond acceptors (Lipinski definition) is 3. The average Bonchev–Trinajstić information content (AvgIpc) is 2.76. The average molecular weight is 402 g/mol. The van der Waals surface area contributed by atoms with Crippen molar-refractivity contribution in [2.45, 2.75) is 46.7 Å². The molecule has 30 heavy (non-hydrogen) atoms. The van der Waals surface area contributed by atoms with Gasteiger partial charge in [0.25, 0.3) is 0 Å². The number of aromatic nitrogens is 1. The Morgan fingerprint density at radius 3 is 2.73 bits per heavy atom. The van der Waals surface area contributed by atoms with E-state index in [1.165, 1.54) is 0 Å². The molecule has 0 saturated carbocycles. The summed E-state index contributed by atoms with van der Waals surface area (Å²) in [5.41, 5.74) is 6.50. The molecule has 0 aliphatic carbocycles. The largest absolute Gasteiger partial charge is 0.385 e. The number of pyridine rings is 1. The van der Waals surface area contributed by atoms with Crippen LogP contribution in [0.3, 0.4) is 0 Å². The highest BCUT2D eigenvalue weighted by Gasteiger charge is 2.15. The van der Waals surface area contributed by atoms with E-state index in [-0.39, 0.29) is 11.8 Å². The fraction of sp³-hybridized carbons (Fsp3) is 0.308. The molecular weight excluding hydrogens is 370 g/mol. The number of allylic oxidation sites excluding steroid dienone is 3. The number of nitrogens with zero attached hydrogens (tertiary/aromatic N) is 1. The lowest BCUT2D eigenvalue weighted by atomic mass is 9.98. The summed E-state index contributed by atoms with van der Waals surface area (Å²) in [4.78, 5) is 17.4. The first-order chi connectivity index (χ1) is 14.5. The molecule has 2 aromatic rings. The molecule has 1 aromatic carbocycles. The van der Waals surface area contributed by atoms with Gasteiger partial charge in [-0.15, -0.1) is 0 Å². The Hall–Kier alpha value is -3.14. The van der Waals surface area contributed by atoms with Crippen LogP contribution in [-0.4, -0.2) is 16.9 Å². The van der Waals surface area contributed by atoms with Gasteiger partial charge in [0.05, 0.1) is 11.6 Å². The number of dihydropyridines is 1. The van der Waals surface area contributed by atoms with Crippen LogP contribution in [0.25, 0.3) is 11.1 Å². The van der Waals surface area contributed by atoms with Gasteiger partial charge in [-0.1, -0.05) is 55.5 Å². The Labute approximate surface area is 179 Å². The van der Waals surface area contributed by atoms with Crippen molar-refractivity contribution in [1.82, 2.24) is 15.6 Å². The van der Waals surface area contributed by atoms with Crippen LogP contribution in [0.5, 0.6) is 0 Å². The first-order valence-electron chi connectivity index (χ1n) is 10.6. The number of nitrogens with one attached hydrogen (secondary N) is 2. The maximum Gasteiger partial charge on any atom is 0.227 e. The predicted octanol–water partition coefficient (Wildman–Crippen LogP) is 5.02. The van der Waals surface area contributed by atoms with Crippen molar-refractivity contribution < 1.29 is 4.79 Å². The molecule has 0 radical (unpaired) electrons. The molecule has 2 N–H and O–H groups in total. The number of carbonyl (C=O) groups is 1. The SMILES string of the molecule is CCC(/C=C(\C)c1ccccc1)C(=O)NCc1cnc(C2=CC(C)NC=C2)c(C)c1. The summed E-state index contributed by atoms with van der Waals surface area (Å²) in [7, 11) is 0. The fourth-order valence-electron chi connectivity index (χ4n) is 3.65. The Bertz CT molecular complexity index is 973. The Morgan fingerprint density at radius 1 is 1.30 bits per heavy atom. The summed E-state index contributed by atoms with van der Waals surface area (Å²) in [6.45, 7) is 8.76. The highest BCUT2D eigenvalue weighted by atomic mass is 16.1. The summed E-state index contributed by atoms with van der Waals surface area (Å²) in [6, 6.07) is 12.6. The molecule has 4 nitrogen and oxygen atoms in total. The Morgan fingerprint density at radius 2 is 2.07 bits per heavy atom. The van der Waals surface area contributed by atoms with Crippen LogP contribution in [-0.2, 0) is 11.3 Å². The summed E-state index contributed by atoms with van der Waals surface area (Å²) >= 11 is 0. The molecular formula is C26H31N3O. The second kappa shape index (κ2) is 10.1. The summed E-state index contributed by atoms with van der Waals surface area (Å²) in [5, 5.41) is 6.33. The minimum Gasteiger partial charge on any atom is -0.385 e. The third kappa shape index (κ3) is 5.47. The molecule has 0 bridgehead atoms. The minimum absolute atomic E-state index is 0.0485. The molecule has 3 rings (SSSR count). The third-order valence-corrected chi connectivity index (χ3v) is 5.38. The zero-order valence-corrected chi connectivity index (χ0v) is 18.3. The van der Waals surface area contributed by atoms with E-state index in [2.05, 4.69) is 66.7 Å². The van der Waals surface area contributed by atoms with Crippen LogP contribution in [0, 0.1) is 12.8 Å². The van der Waals surface area contributed by atoms with E-state index >= 15 is 0 Å². The topological polar surface area (TPSA) is 54.0 Å². The molecule has 1 amide bonds. The standard InChI is InChI=1S/C26H31N3O/c1-5-22(14-18(2)23-9-7-6-8-10-23)26(30)29-17-21-13-19(3)25(28-16-21)24-11-12-27-20(4)15-24/h6-16,20,22,27H,5,17H2,1-4H3,(H,29,30)/b18-14+. The van der Waals surface area contributed by atoms with E-state index in [1.54, 1.807) is 0 Å². The van der Waals surface area contributed by atoms with Crippen LogP contribution in [0.15, 0.2) is 67.0 Å². The molecule has 0 saturated heterocycles. The van der Waals surface area contributed by atoms with Gasteiger partial charge in [0.1, 0.15) is 0 Å². The second-order valence-corrected chi connectivity index (χ2v) is 7.87. The summed E-state index contributed by atoms with van der Waals surface area (Å²) in [5.74, 6) is -0.0996. The lowest BCUT2D eigenvalue weighted by molar-refractivity contribution is -0.123. The quantitative estimate of drug-likeness (QED) is 0.685. The highest BCUT2D eigenvalue weighted by molar-refractivity contribution is 5.82. The first kappa shape index (κ1) is 21.6. The van der Waals surface area contributed by atoms with Crippen molar-refractivity contribution in [3.05, 3.63) is 89.4 Å². The number of carbonyl (C=O) groups excluding carboxylic acids is 1. The zero-order valence-electron chi connectivity index (χ0n) is 18.3. The van der Waals surface area contributed by atoms with Crippen LogP contribution >= 0.6 is 0 Å². The number of hydrogen-bond donors (Lipinski definition) is 2. The third-order valence-electron chi connectivity index (χ3n) is 5.38. The number of benzene rings is 1. The van der Waals surface area contributed by atoms with E-state index in [4.69, 9.17) is 0 Å². The predicted molar refractivity (Wildman–Crippen MR) is 124 cm³/mol. The smallest absolute Gasteiger partial charge is 0.227 e. The van der Waals surface area contributed by atoms with Gasteiger partial charge in [0.15, 0.2) is 0 Å². The molecule has 1 aliphatic heterocycles. The summed E-state index contributed by atoms with van der Waals surface area (Å²) in [6.07, 6.45) is 10.9. The van der Waals surface area contributed by atoms with Gasteiger partial charge in [-0.25, -0.2) is 0 Å². The van der Waals surface area contributed by atoms with Crippen molar-refractivity contribution in [2.75, 3.05) is 0 Å². The minimum atomic E-state index is -0.148. The molecule has 2 atom stereocenters. The van der Waals surface area contributed by atoms with E-state index < -0.39 is 0 Å².